The zero-order valence-corrected chi connectivity index (χ0v) is 15.2. The van der Waals surface area contributed by atoms with Crippen LogP contribution >= 0.6 is 11.6 Å². The van der Waals surface area contributed by atoms with Crippen molar-refractivity contribution in [2.24, 2.45) is 5.92 Å². The van der Waals surface area contributed by atoms with Crippen molar-refractivity contribution in [3.05, 3.63) is 65.5 Å². The molecular weight excluding hydrogens is 352 g/mol. The molecule has 0 radical (unpaired) electrons. The zero-order chi connectivity index (χ0) is 18.5. The molecule has 3 aromatic rings. The maximum absolute atomic E-state index is 12.3. The third-order valence-electron chi connectivity index (χ3n) is 3.80. The van der Waals surface area contributed by atoms with Crippen molar-refractivity contribution in [1.82, 2.24) is 15.5 Å². The van der Waals surface area contributed by atoms with E-state index in [2.05, 4.69) is 20.8 Å². The summed E-state index contributed by atoms with van der Waals surface area (Å²) in [5, 5.41) is 10.3. The van der Waals surface area contributed by atoms with Crippen LogP contribution < -0.4 is 10.6 Å². The normalized spacial score (nSPS) is 12.0. The molecule has 0 aliphatic rings. The average molecular weight is 371 g/mol. The van der Waals surface area contributed by atoms with E-state index in [-0.39, 0.29) is 11.9 Å². The van der Waals surface area contributed by atoms with Gasteiger partial charge in [0, 0.05) is 16.3 Å². The molecule has 3 rings (SSSR count). The summed E-state index contributed by atoms with van der Waals surface area (Å²) in [7, 11) is 0. The minimum atomic E-state index is -0.410. The highest BCUT2D eigenvalue weighted by atomic mass is 35.5. The summed E-state index contributed by atoms with van der Waals surface area (Å²) < 4.78 is 5.39. The third-order valence-corrected chi connectivity index (χ3v) is 4.05. The summed E-state index contributed by atoms with van der Waals surface area (Å²) in [6.07, 6.45) is 0. The summed E-state index contributed by atoms with van der Waals surface area (Å²) >= 11 is 5.85. The fourth-order valence-electron chi connectivity index (χ4n) is 2.42. The van der Waals surface area contributed by atoms with Gasteiger partial charge in [-0.2, -0.15) is 4.98 Å². The molecule has 2 aromatic carbocycles. The lowest BCUT2D eigenvalue weighted by Crippen LogP contribution is -2.35. The number of aromatic nitrogens is 2. The second-order valence-corrected chi connectivity index (χ2v) is 6.59. The first-order valence-corrected chi connectivity index (χ1v) is 8.63. The minimum Gasteiger partial charge on any atom is -0.337 e. The van der Waals surface area contributed by atoms with Gasteiger partial charge >= 0.3 is 6.03 Å². The SMILES string of the molecule is CC(C)[C@@H](NC(=O)Nc1ccc(Cl)cc1)c1nc(-c2ccccc2)no1. The summed E-state index contributed by atoms with van der Waals surface area (Å²) in [6, 6.07) is 15.6. The van der Waals surface area contributed by atoms with Gasteiger partial charge in [-0.3, -0.25) is 0 Å². The first kappa shape index (κ1) is 17.9. The monoisotopic (exact) mass is 370 g/mol. The first-order valence-electron chi connectivity index (χ1n) is 8.25. The summed E-state index contributed by atoms with van der Waals surface area (Å²) in [6.45, 7) is 3.94. The van der Waals surface area contributed by atoms with Crippen LogP contribution in [0.4, 0.5) is 10.5 Å². The number of urea groups is 1. The molecule has 1 atom stereocenters. The van der Waals surface area contributed by atoms with Crippen LogP contribution in [0.2, 0.25) is 5.02 Å². The van der Waals surface area contributed by atoms with Crippen LogP contribution in [0.5, 0.6) is 0 Å². The van der Waals surface area contributed by atoms with Gasteiger partial charge in [-0.05, 0) is 30.2 Å². The van der Waals surface area contributed by atoms with Crippen LogP contribution in [0.25, 0.3) is 11.4 Å². The summed E-state index contributed by atoms with van der Waals surface area (Å²) in [5.41, 5.74) is 1.50. The number of nitrogens with zero attached hydrogens (tertiary/aromatic N) is 2. The van der Waals surface area contributed by atoms with E-state index in [1.807, 2.05) is 44.2 Å². The molecule has 0 unspecified atom stereocenters. The Morgan fingerprint density at radius 2 is 1.77 bits per heavy atom. The molecule has 1 aromatic heterocycles. The molecule has 0 aliphatic heterocycles. The number of carbonyl (C=O) groups excluding carboxylic acids is 1. The van der Waals surface area contributed by atoms with E-state index in [0.717, 1.165) is 5.56 Å². The van der Waals surface area contributed by atoms with Crippen molar-refractivity contribution in [2.75, 3.05) is 5.32 Å². The van der Waals surface area contributed by atoms with Crippen LogP contribution in [0.1, 0.15) is 25.8 Å². The molecule has 6 nitrogen and oxygen atoms in total. The van der Waals surface area contributed by atoms with Gasteiger partial charge in [0.2, 0.25) is 11.7 Å². The lowest BCUT2D eigenvalue weighted by molar-refractivity contribution is 0.236. The largest absolute Gasteiger partial charge is 0.337 e. The Kier molecular flexibility index (Phi) is 5.53. The lowest BCUT2D eigenvalue weighted by Gasteiger charge is -2.18. The molecular formula is C19H19ClN4O2. The van der Waals surface area contributed by atoms with Gasteiger partial charge in [0.1, 0.15) is 6.04 Å². The highest BCUT2D eigenvalue weighted by Gasteiger charge is 2.25. The molecule has 0 aliphatic carbocycles. The minimum absolute atomic E-state index is 0.0649. The van der Waals surface area contributed by atoms with Crippen LogP contribution in [-0.2, 0) is 0 Å². The van der Waals surface area contributed by atoms with Crippen molar-refractivity contribution >= 4 is 23.3 Å². The number of nitrogens with one attached hydrogen (secondary N) is 2. The molecule has 0 fully saturated rings. The van der Waals surface area contributed by atoms with E-state index >= 15 is 0 Å². The summed E-state index contributed by atoms with van der Waals surface area (Å²) in [5.74, 6) is 0.923. The van der Waals surface area contributed by atoms with Crippen LogP contribution in [0, 0.1) is 5.92 Å². The number of rotatable bonds is 5. The number of hydrogen-bond acceptors (Lipinski definition) is 4. The second-order valence-electron chi connectivity index (χ2n) is 6.15. The molecule has 2 amide bonds. The van der Waals surface area contributed by atoms with Crippen LogP contribution in [-0.4, -0.2) is 16.2 Å². The Balaban J connectivity index is 1.72. The van der Waals surface area contributed by atoms with Gasteiger partial charge in [-0.1, -0.05) is 60.9 Å². The van der Waals surface area contributed by atoms with Gasteiger partial charge in [0.25, 0.3) is 0 Å². The Hall–Kier alpha value is -2.86. The quantitative estimate of drug-likeness (QED) is 0.668. The van der Waals surface area contributed by atoms with E-state index in [1.165, 1.54) is 0 Å². The molecule has 0 bridgehead atoms. The van der Waals surface area contributed by atoms with E-state index in [9.17, 15) is 4.79 Å². The molecule has 134 valence electrons. The predicted molar refractivity (Wildman–Crippen MR) is 101 cm³/mol. The molecule has 0 spiro atoms. The van der Waals surface area contributed by atoms with E-state index < -0.39 is 6.04 Å². The number of halogens is 1. The molecule has 2 N–H and O–H groups in total. The highest BCUT2D eigenvalue weighted by molar-refractivity contribution is 6.30. The maximum Gasteiger partial charge on any atom is 0.319 e. The van der Waals surface area contributed by atoms with Crippen molar-refractivity contribution in [3.8, 4) is 11.4 Å². The standard InChI is InChI=1S/C19H19ClN4O2/c1-12(2)16(22-19(25)21-15-10-8-14(20)9-11-15)18-23-17(24-26-18)13-6-4-3-5-7-13/h3-12,16H,1-2H3,(H2,21,22,25)/t16-/m1/s1. The van der Waals surface area contributed by atoms with Crippen molar-refractivity contribution in [1.29, 1.82) is 0 Å². The van der Waals surface area contributed by atoms with Gasteiger partial charge in [-0.15, -0.1) is 0 Å². The molecule has 1 heterocycles. The topological polar surface area (TPSA) is 80.0 Å². The molecule has 26 heavy (non-hydrogen) atoms. The first-order chi connectivity index (χ1) is 12.5. The van der Waals surface area contributed by atoms with Crippen molar-refractivity contribution in [2.45, 2.75) is 19.9 Å². The third kappa shape index (κ3) is 4.40. The molecule has 7 heteroatoms. The Labute approximate surface area is 156 Å². The average Bonchev–Trinajstić information content (AvgIpc) is 3.12. The fraction of sp³-hybridized carbons (Fsp3) is 0.211. The lowest BCUT2D eigenvalue weighted by atomic mass is 10.0. The van der Waals surface area contributed by atoms with E-state index in [1.54, 1.807) is 24.3 Å². The number of benzene rings is 2. The van der Waals surface area contributed by atoms with E-state index in [4.69, 9.17) is 16.1 Å². The van der Waals surface area contributed by atoms with Gasteiger partial charge in [0.05, 0.1) is 0 Å². The smallest absolute Gasteiger partial charge is 0.319 e. The fourth-order valence-corrected chi connectivity index (χ4v) is 2.55. The Bertz CT molecular complexity index is 863. The zero-order valence-electron chi connectivity index (χ0n) is 14.4. The van der Waals surface area contributed by atoms with Gasteiger partial charge in [-0.25, -0.2) is 4.79 Å². The van der Waals surface area contributed by atoms with Gasteiger partial charge < -0.3 is 15.2 Å². The molecule has 0 saturated carbocycles. The predicted octanol–water partition coefficient (Wildman–Crippen LogP) is 4.91. The Morgan fingerprint density at radius 3 is 2.42 bits per heavy atom. The number of hydrogen-bond donors (Lipinski definition) is 2. The second kappa shape index (κ2) is 8.01. The Morgan fingerprint density at radius 1 is 1.08 bits per heavy atom. The number of carbonyl (C=O) groups is 1. The molecule has 0 saturated heterocycles. The van der Waals surface area contributed by atoms with Gasteiger partial charge in [0.15, 0.2) is 0 Å². The summed E-state index contributed by atoms with van der Waals surface area (Å²) in [4.78, 5) is 16.8. The highest BCUT2D eigenvalue weighted by Crippen LogP contribution is 2.23. The van der Waals surface area contributed by atoms with E-state index in [0.29, 0.717) is 22.4 Å². The van der Waals surface area contributed by atoms with Crippen molar-refractivity contribution < 1.29 is 9.32 Å². The van der Waals surface area contributed by atoms with Crippen LogP contribution in [0.15, 0.2) is 59.1 Å². The maximum atomic E-state index is 12.3. The van der Waals surface area contributed by atoms with Crippen molar-refractivity contribution in [3.63, 3.8) is 0 Å². The van der Waals surface area contributed by atoms with Crippen LogP contribution in [0.3, 0.4) is 0 Å². The number of amides is 2. The number of anilines is 1.